The Bertz CT molecular complexity index is 1120. The summed E-state index contributed by atoms with van der Waals surface area (Å²) in [6.45, 7) is 0.0455. The van der Waals surface area contributed by atoms with Gasteiger partial charge in [-0.3, -0.25) is 14.5 Å². The van der Waals surface area contributed by atoms with Gasteiger partial charge in [0, 0.05) is 18.2 Å². The highest BCUT2D eigenvalue weighted by Crippen LogP contribution is 2.27. The van der Waals surface area contributed by atoms with E-state index in [9.17, 15) is 14.4 Å². The molecule has 8 heteroatoms. The molecule has 140 valence electrons. The van der Waals surface area contributed by atoms with Crippen molar-refractivity contribution in [1.29, 1.82) is 0 Å². The molecule has 8 nitrogen and oxygen atoms in total. The molecule has 3 heterocycles. The maximum Gasteiger partial charge on any atom is 0.328 e. The second kappa shape index (κ2) is 6.19. The van der Waals surface area contributed by atoms with Gasteiger partial charge in [0.1, 0.15) is 18.3 Å². The number of hydrogen-bond acceptors (Lipinski definition) is 5. The van der Waals surface area contributed by atoms with Gasteiger partial charge in [-0.1, -0.05) is 41.6 Å². The third kappa shape index (κ3) is 2.61. The first kappa shape index (κ1) is 16.5. The minimum atomic E-state index is -0.642. The van der Waals surface area contributed by atoms with Crippen LogP contribution in [0.4, 0.5) is 4.79 Å². The van der Waals surface area contributed by atoms with Gasteiger partial charge in [0.05, 0.1) is 6.54 Å². The Morgan fingerprint density at radius 1 is 1.07 bits per heavy atom. The van der Waals surface area contributed by atoms with Gasteiger partial charge in [0.15, 0.2) is 5.76 Å². The molecular weight excluding hydrogens is 360 g/mol. The topological polar surface area (TPSA) is 95.8 Å². The van der Waals surface area contributed by atoms with E-state index in [2.05, 4.69) is 10.5 Å². The number of nitrogens with one attached hydrogen (secondary N) is 1. The third-order valence-electron chi connectivity index (χ3n) is 5.12. The lowest BCUT2D eigenvalue weighted by molar-refractivity contribution is -0.131. The summed E-state index contributed by atoms with van der Waals surface area (Å²) in [5.74, 6) is -0.0334. The Morgan fingerprint density at radius 3 is 2.75 bits per heavy atom. The summed E-state index contributed by atoms with van der Waals surface area (Å²) in [5, 5.41) is 8.83. The molecule has 0 spiro atoms. The maximum atomic E-state index is 12.5. The molecule has 2 fully saturated rings. The molecule has 1 unspecified atom stereocenters. The number of hydrogen-bond donors (Lipinski definition) is 1. The molecule has 2 saturated heterocycles. The number of imide groups is 1. The fraction of sp³-hybridized carbons (Fsp3) is 0.200. The molecule has 0 radical (unpaired) electrons. The number of carbonyl (C=O) groups is 3. The fourth-order valence-electron chi connectivity index (χ4n) is 3.66. The van der Waals surface area contributed by atoms with Crippen molar-refractivity contribution in [2.24, 2.45) is 0 Å². The van der Waals surface area contributed by atoms with Crippen molar-refractivity contribution in [3.05, 3.63) is 54.2 Å². The molecule has 2 aromatic carbocycles. The second-order valence-corrected chi connectivity index (χ2v) is 6.90. The monoisotopic (exact) mass is 376 g/mol. The number of amides is 4. The minimum Gasteiger partial charge on any atom is -0.356 e. The van der Waals surface area contributed by atoms with E-state index >= 15 is 0 Å². The summed E-state index contributed by atoms with van der Waals surface area (Å²) >= 11 is 0. The molecular formula is C20H16N4O4. The van der Waals surface area contributed by atoms with E-state index in [4.69, 9.17) is 4.52 Å². The first-order valence-electron chi connectivity index (χ1n) is 8.93. The highest BCUT2D eigenvalue weighted by molar-refractivity contribution is 6.06. The predicted molar refractivity (Wildman–Crippen MR) is 98.9 cm³/mol. The van der Waals surface area contributed by atoms with E-state index < -0.39 is 12.1 Å². The zero-order valence-electron chi connectivity index (χ0n) is 14.8. The lowest BCUT2D eigenvalue weighted by atomic mass is 10.1. The lowest BCUT2D eigenvalue weighted by Crippen LogP contribution is -2.54. The Morgan fingerprint density at radius 2 is 1.89 bits per heavy atom. The number of benzene rings is 2. The summed E-state index contributed by atoms with van der Waals surface area (Å²) < 4.78 is 5.44. The van der Waals surface area contributed by atoms with Crippen molar-refractivity contribution in [2.75, 3.05) is 13.1 Å². The average molecular weight is 376 g/mol. The van der Waals surface area contributed by atoms with Crippen LogP contribution in [0.2, 0.25) is 0 Å². The van der Waals surface area contributed by atoms with Crippen LogP contribution >= 0.6 is 0 Å². The van der Waals surface area contributed by atoms with Crippen LogP contribution in [0.3, 0.4) is 0 Å². The largest absolute Gasteiger partial charge is 0.356 e. The van der Waals surface area contributed by atoms with E-state index in [-0.39, 0.29) is 31.4 Å². The van der Waals surface area contributed by atoms with Crippen molar-refractivity contribution >= 4 is 28.6 Å². The summed E-state index contributed by atoms with van der Waals surface area (Å²) in [5.41, 5.74) is 1.34. The van der Waals surface area contributed by atoms with Crippen LogP contribution < -0.4 is 5.32 Å². The molecule has 5 rings (SSSR count). The normalized spacial score (nSPS) is 19.3. The van der Waals surface area contributed by atoms with Crippen LogP contribution in [0, 0.1) is 0 Å². The summed E-state index contributed by atoms with van der Waals surface area (Å²) in [7, 11) is 0. The Labute approximate surface area is 159 Å². The predicted octanol–water partition coefficient (Wildman–Crippen LogP) is 1.76. The summed E-state index contributed by atoms with van der Waals surface area (Å²) in [6.07, 6.45) is 0. The Kier molecular flexibility index (Phi) is 3.65. The molecule has 4 amide bonds. The van der Waals surface area contributed by atoms with Crippen LogP contribution in [-0.4, -0.2) is 51.9 Å². The molecule has 0 saturated carbocycles. The number of piperazine rings is 1. The van der Waals surface area contributed by atoms with Crippen LogP contribution in [0.5, 0.6) is 0 Å². The lowest BCUT2D eigenvalue weighted by Gasteiger charge is -2.26. The van der Waals surface area contributed by atoms with Crippen molar-refractivity contribution in [3.8, 4) is 11.3 Å². The Hall–Kier alpha value is -3.68. The standard InChI is InChI=1S/C20H16N4O4/c25-18-11-23-16(9-21-18)19(26)24(20(23)27)10-15-8-17(28-22-15)14-6-5-12-3-1-2-4-13(12)7-14/h1-8,16H,9-11H2,(H,21,25). The van der Waals surface area contributed by atoms with Gasteiger partial charge in [-0.25, -0.2) is 4.79 Å². The van der Waals surface area contributed by atoms with Crippen molar-refractivity contribution < 1.29 is 18.9 Å². The molecule has 2 aliphatic heterocycles. The van der Waals surface area contributed by atoms with E-state index in [1.54, 1.807) is 6.07 Å². The van der Waals surface area contributed by atoms with Crippen LogP contribution in [0.25, 0.3) is 22.1 Å². The smallest absolute Gasteiger partial charge is 0.328 e. The number of rotatable bonds is 3. The fourth-order valence-corrected chi connectivity index (χ4v) is 3.66. The zero-order chi connectivity index (χ0) is 19.3. The molecule has 1 atom stereocenters. The van der Waals surface area contributed by atoms with Gasteiger partial charge in [-0.15, -0.1) is 0 Å². The van der Waals surface area contributed by atoms with E-state index in [1.165, 1.54) is 4.90 Å². The number of fused-ring (bicyclic) bond motifs is 2. The van der Waals surface area contributed by atoms with Gasteiger partial charge < -0.3 is 14.7 Å². The van der Waals surface area contributed by atoms with Crippen molar-refractivity contribution in [2.45, 2.75) is 12.6 Å². The number of aromatic nitrogens is 1. The summed E-state index contributed by atoms with van der Waals surface area (Å²) in [4.78, 5) is 39.0. The number of carbonyl (C=O) groups excluding carboxylic acids is 3. The average Bonchev–Trinajstić information content (AvgIpc) is 3.27. The first-order chi connectivity index (χ1) is 13.6. The molecule has 0 aliphatic carbocycles. The molecule has 1 N–H and O–H groups in total. The third-order valence-corrected chi connectivity index (χ3v) is 5.12. The second-order valence-electron chi connectivity index (χ2n) is 6.90. The highest BCUT2D eigenvalue weighted by Gasteiger charge is 2.47. The van der Waals surface area contributed by atoms with Gasteiger partial charge >= 0.3 is 6.03 Å². The summed E-state index contributed by atoms with van der Waals surface area (Å²) in [6, 6.07) is 14.6. The van der Waals surface area contributed by atoms with Crippen LogP contribution in [-0.2, 0) is 16.1 Å². The van der Waals surface area contributed by atoms with Crippen molar-refractivity contribution in [1.82, 2.24) is 20.3 Å². The first-order valence-corrected chi connectivity index (χ1v) is 8.93. The van der Waals surface area contributed by atoms with E-state index in [1.807, 2.05) is 42.5 Å². The molecule has 0 bridgehead atoms. The maximum absolute atomic E-state index is 12.5. The number of urea groups is 1. The number of nitrogens with zero attached hydrogens (tertiary/aromatic N) is 3. The van der Waals surface area contributed by atoms with Gasteiger partial charge in [-0.2, -0.15) is 0 Å². The van der Waals surface area contributed by atoms with Crippen molar-refractivity contribution in [3.63, 3.8) is 0 Å². The van der Waals surface area contributed by atoms with E-state index in [0.717, 1.165) is 21.2 Å². The molecule has 2 aliphatic rings. The van der Waals surface area contributed by atoms with Gasteiger partial charge in [0.2, 0.25) is 5.91 Å². The quantitative estimate of drug-likeness (QED) is 0.703. The van der Waals surface area contributed by atoms with Gasteiger partial charge in [-0.05, 0) is 16.8 Å². The van der Waals surface area contributed by atoms with Gasteiger partial charge in [0.25, 0.3) is 5.91 Å². The molecule has 3 aromatic rings. The minimum absolute atomic E-state index is 0.00986. The van der Waals surface area contributed by atoms with Crippen LogP contribution in [0.15, 0.2) is 53.1 Å². The van der Waals surface area contributed by atoms with Crippen LogP contribution in [0.1, 0.15) is 5.69 Å². The Balaban J connectivity index is 1.38. The SMILES string of the molecule is O=C1CN2C(=O)N(Cc3cc(-c4ccc5ccccc5c4)on3)C(=O)C2CN1. The zero-order valence-corrected chi connectivity index (χ0v) is 14.8. The highest BCUT2D eigenvalue weighted by atomic mass is 16.5. The molecule has 28 heavy (non-hydrogen) atoms. The molecule has 1 aromatic heterocycles. The van der Waals surface area contributed by atoms with E-state index in [0.29, 0.717) is 11.5 Å².